The number of urea groups is 1. The van der Waals surface area contributed by atoms with Gasteiger partial charge in [0.15, 0.2) is 0 Å². The van der Waals surface area contributed by atoms with E-state index in [0.29, 0.717) is 16.1 Å². The molecule has 1 unspecified atom stereocenters. The smallest absolute Gasteiger partial charge is 0.319 e. The fourth-order valence-electron chi connectivity index (χ4n) is 2.15. The molecule has 0 fully saturated rings. The van der Waals surface area contributed by atoms with Crippen molar-refractivity contribution in [1.82, 2.24) is 5.32 Å². The van der Waals surface area contributed by atoms with Gasteiger partial charge in [-0.3, -0.25) is 4.21 Å². The van der Waals surface area contributed by atoms with Gasteiger partial charge in [-0.1, -0.05) is 18.2 Å². The van der Waals surface area contributed by atoms with Gasteiger partial charge >= 0.3 is 6.03 Å². The van der Waals surface area contributed by atoms with Gasteiger partial charge in [0.2, 0.25) is 0 Å². The average Bonchev–Trinajstić information content (AvgIpc) is 2.46. The zero-order chi connectivity index (χ0) is 17.0. The van der Waals surface area contributed by atoms with Gasteiger partial charge in [-0.15, -0.1) is 0 Å². The van der Waals surface area contributed by atoms with E-state index in [-0.39, 0.29) is 5.82 Å². The van der Waals surface area contributed by atoms with Crippen molar-refractivity contribution >= 4 is 22.5 Å². The highest BCUT2D eigenvalue weighted by Crippen LogP contribution is 2.21. The summed E-state index contributed by atoms with van der Waals surface area (Å²) >= 11 is 0. The molecular formula is C17H19FN2O2S. The third kappa shape index (κ3) is 4.63. The number of carbonyl (C=O) groups is 1. The first-order valence-electron chi connectivity index (χ1n) is 7.06. The lowest BCUT2D eigenvalue weighted by molar-refractivity contribution is 0.241. The Morgan fingerprint density at radius 2 is 1.83 bits per heavy atom. The number of rotatable bonds is 4. The van der Waals surface area contributed by atoms with Gasteiger partial charge in [0.1, 0.15) is 5.82 Å². The van der Waals surface area contributed by atoms with E-state index in [1.54, 1.807) is 56.5 Å². The Kier molecular flexibility index (Phi) is 5.15. The molecule has 23 heavy (non-hydrogen) atoms. The molecule has 2 rings (SSSR count). The lowest BCUT2D eigenvalue weighted by Crippen LogP contribution is -2.43. The summed E-state index contributed by atoms with van der Waals surface area (Å²) in [5.74, 6) is -0.351. The summed E-state index contributed by atoms with van der Waals surface area (Å²) in [5, 5.41) is 5.50. The molecule has 0 heterocycles. The number of hydrogen-bond acceptors (Lipinski definition) is 2. The maximum Gasteiger partial charge on any atom is 0.319 e. The summed E-state index contributed by atoms with van der Waals surface area (Å²) in [6.07, 6.45) is 1.58. The van der Waals surface area contributed by atoms with E-state index in [4.69, 9.17) is 0 Å². The summed E-state index contributed by atoms with van der Waals surface area (Å²) in [5.41, 5.74) is 0.471. The second-order valence-corrected chi connectivity index (χ2v) is 7.08. The number of anilines is 1. The van der Waals surface area contributed by atoms with Crippen molar-refractivity contribution in [3.63, 3.8) is 0 Å². The summed E-state index contributed by atoms with van der Waals surface area (Å²) in [6.45, 7) is 3.58. The Morgan fingerprint density at radius 3 is 2.48 bits per heavy atom. The maximum atomic E-state index is 13.3. The minimum absolute atomic E-state index is 0.351. The fourth-order valence-corrected chi connectivity index (χ4v) is 2.71. The van der Waals surface area contributed by atoms with Crippen LogP contribution >= 0.6 is 0 Å². The summed E-state index contributed by atoms with van der Waals surface area (Å²) in [6, 6.07) is 12.5. The van der Waals surface area contributed by atoms with E-state index in [9.17, 15) is 13.4 Å². The average molecular weight is 334 g/mol. The van der Waals surface area contributed by atoms with Crippen LogP contribution in [0.25, 0.3) is 0 Å². The Labute approximate surface area is 137 Å². The molecule has 0 spiro atoms. The van der Waals surface area contributed by atoms with Crippen molar-refractivity contribution in [2.45, 2.75) is 24.3 Å². The number of carbonyl (C=O) groups excluding carboxylic acids is 1. The van der Waals surface area contributed by atoms with Crippen LogP contribution in [0.5, 0.6) is 0 Å². The van der Waals surface area contributed by atoms with Crippen LogP contribution in [0.4, 0.5) is 14.9 Å². The number of nitrogens with one attached hydrogen (secondary N) is 2. The maximum absolute atomic E-state index is 13.3. The van der Waals surface area contributed by atoms with Crippen molar-refractivity contribution in [2.24, 2.45) is 0 Å². The zero-order valence-electron chi connectivity index (χ0n) is 13.2. The first kappa shape index (κ1) is 17.1. The van der Waals surface area contributed by atoms with Gasteiger partial charge < -0.3 is 10.6 Å². The van der Waals surface area contributed by atoms with E-state index in [1.807, 2.05) is 0 Å². The van der Waals surface area contributed by atoms with Crippen molar-refractivity contribution in [2.75, 3.05) is 11.6 Å². The van der Waals surface area contributed by atoms with Gasteiger partial charge in [-0.05, 0) is 49.7 Å². The molecule has 0 aliphatic heterocycles. The molecule has 0 aliphatic rings. The molecule has 2 aromatic rings. The Balaban J connectivity index is 2.09. The molecule has 0 aromatic heterocycles. The molecule has 4 nitrogen and oxygen atoms in total. The van der Waals surface area contributed by atoms with Crippen LogP contribution in [0.15, 0.2) is 53.4 Å². The quantitative estimate of drug-likeness (QED) is 0.897. The highest BCUT2D eigenvalue weighted by atomic mass is 32.2. The van der Waals surface area contributed by atoms with Gasteiger partial charge in [-0.2, -0.15) is 0 Å². The molecule has 2 aromatic carbocycles. The third-order valence-electron chi connectivity index (χ3n) is 3.40. The Morgan fingerprint density at radius 1 is 1.13 bits per heavy atom. The molecule has 2 amide bonds. The molecule has 0 aliphatic carbocycles. The van der Waals surface area contributed by atoms with E-state index in [2.05, 4.69) is 10.6 Å². The number of benzene rings is 2. The standard InChI is InChI=1S/C17H19FN2O2S/c1-17(2,12-6-4-7-13(18)10-12)20-16(21)19-14-8-5-9-15(11-14)23(3)22/h4-11H,1-3H3,(H2,19,20,21). The lowest BCUT2D eigenvalue weighted by atomic mass is 9.94. The van der Waals surface area contributed by atoms with Crippen LogP contribution in [0.1, 0.15) is 19.4 Å². The molecule has 0 bridgehead atoms. The van der Waals surface area contributed by atoms with Crippen molar-refractivity contribution in [1.29, 1.82) is 0 Å². The van der Waals surface area contributed by atoms with Crippen LogP contribution in [0, 0.1) is 5.82 Å². The van der Waals surface area contributed by atoms with Gasteiger partial charge in [0.25, 0.3) is 0 Å². The summed E-state index contributed by atoms with van der Waals surface area (Å²) in [7, 11) is -1.12. The third-order valence-corrected chi connectivity index (χ3v) is 4.31. The molecule has 1 atom stereocenters. The van der Waals surface area contributed by atoms with Crippen LogP contribution in [-0.4, -0.2) is 16.5 Å². The number of hydrogen-bond donors (Lipinski definition) is 2. The second-order valence-electron chi connectivity index (χ2n) is 5.70. The van der Waals surface area contributed by atoms with E-state index in [0.717, 1.165) is 0 Å². The van der Waals surface area contributed by atoms with Crippen LogP contribution in [0.3, 0.4) is 0 Å². The monoisotopic (exact) mass is 334 g/mol. The predicted octanol–water partition coefficient (Wildman–Crippen LogP) is 3.62. The van der Waals surface area contributed by atoms with E-state index < -0.39 is 22.4 Å². The normalized spacial score (nSPS) is 12.5. The highest BCUT2D eigenvalue weighted by Gasteiger charge is 2.23. The molecule has 2 N–H and O–H groups in total. The topological polar surface area (TPSA) is 58.2 Å². The highest BCUT2D eigenvalue weighted by molar-refractivity contribution is 7.84. The largest absolute Gasteiger partial charge is 0.329 e. The number of halogens is 1. The van der Waals surface area contributed by atoms with Crippen molar-refractivity contribution in [3.8, 4) is 0 Å². The molecule has 0 saturated heterocycles. The van der Waals surface area contributed by atoms with E-state index >= 15 is 0 Å². The lowest BCUT2D eigenvalue weighted by Gasteiger charge is -2.27. The molecule has 0 saturated carbocycles. The molecular weight excluding hydrogens is 315 g/mol. The first-order valence-corrected chi connectivity index (χ1v) is 8.62. The predicted molar refractivity (Wildman–Crippen MR) is 90.4 cm³/mol. The van der Waals surface area contributed by atoms with Crippen molar-refractivity contribution < 1.29 is 13.4 Å². The van der Waals surface area contributed by atoms with Crippen LogP contribution in [0.2, 0.25) is 0 Å². The second kappa shape index (κ2) is 6.91. The fraction of sp³-hybridized carbons (Fsp3) is 0.235. The summed E-state index contributed by atoms with van der Waals surface area (Å²) in [4.78, 5) is 12.8. The van der Waals surface area contributed by atoms with Crippen LogP contribution in [-0.2, 0) is 16.3 Å². The number of amides is 2. The SMILES string of the molecule is CS(=O)c1cccc(NC(=O)NC(C)(C)c2cccc(F)c2)c1. The minimum Gasteiger partial charge on any atom is -0.329 e. The van der Waals surface area contributed by atoms with Gasteiger partial charge in [0, 0.05) is 27.6 Å². The van der Waals surface area contributed by atoms with Crippen LogP contribution < -0.4 is 10.6 Å². The molecule has 6 heteroatoms. The Bertz CT molecular complexity index is 747. The molecule has 0 radical (unpaired) electrons. The van der Waals surface area contributed by atoms with Gasteiger partial charge in [-0.25, -0.2) is 9.18 Å². The first-order chi connectivity index (χ1) is 10.8. The summed E-state index contributed by atoms with van der Waals surface area (Å²) < 4.78 is 24.8. The zero-order valence-corrected chi connectivity index (χ0v) is 14.0. The molecule has 122 valence electrons. The minimum atomic E-state index is -1.12. The van der Waals surface area contributed by atoms with Gasteiger partial charge in [0.05, 0.1) is 5.54 Å². The Hall–Kier alpha value is -2.21. The van der Waals surface area contributed by atoms with Crippen molar-refractivity contribution in [3.05, 3.63) is 59.9 Å². The van der Waals surface area contributed by atoms with E-state index in [1.165, 1.54) is 12.1 Å².